The van der Waals surface area contributed by atoms with Crippen molar-refractivity contribution >= 4 is 5.69 Å². The molecule has 1 aromatic rings. The molecule has 0 aliphatic carbocycles. The van der Waals surface area contributed by atoms with Crippen molar-refractivity contribution < 1.29 is 13.2 Å². The van der Waals surface area contributed by atoms with Crippen molar-refractivity contribution in [2.45, 2.75) is 33.0 Å². The Kier molecular flexibility index (Phi) is 5.60. The lowest BCUT2D eigenvalue weighted by Gasteiger charge is -2.24. The summed E-state index contributed by atoms with van der Waals surface area (Å²) in [5.74, 6) is 0. The molecule has 0 fully saturated rings. The molecule has 19 heavy (non-hydrogen) atoms. The van der Waals surface area contributed by atoms with Gasteiger partial charge in [-0.3, -0.25) is 4.98 Å². The van der Waals surface area contributed by atoms with E-state index in [1.54, 1.807) is 19.1 Å². The van der Waals surface area contributed by atoms with E-state index in [4.69, 9.17) is 0 Å². The lowest BCUT2D eigenvalue weighted by molar-refractivity contribution is -0.119. The number of nitrogens with one attached hydrogen (secondary N) is 1. The molecule has 1 N–H and O–H groups in total. The first-order chi connectivity index (χ1) is 8.87. The van der Waals surface area contributed by atoms with E-state index in [0.29, 0.717) is 12.2 Å². The molecular weight excluding hydrogens is 255 g/mol. The molecule has 0 spiro atoms. The number of nitrogens with zero attached hydrogens (tertiary/aromatic N) is 2. The van der Waals surface area contributed by atoms with Crippen LogP contribution in [-0.2, 0) is 0 Å². The largest absolute Gasteiger partial charge is 0.405 e. The molecule has 0 aliphatic heterocycles. The second-order valence-corrected chi connectivity index (χ2v) is 4.35. The maximum atomic E-state index is 12.4. The Bertz CT molecular complexity index is 376. The van der Waals surface area contributed by atoms with Gasteiger partial charge >= 0.3 is 6.18 Å². The van der Waals surface area contributed by atoms with E-state index in [2.05, 4.69) is 10.3 Å². The van der Waals surface area contributed by atoms with Crippen LogP contribution in [0.1, 0.15) is 32.5 Å². The van der Waals surface area contributed by atoms with E-state index in [9.17, 15) is 13.2 Å². The zero-order valence-corrected chi connectivity index (χ0v) is 11.5. The summed E-state index contributed by atoms with van der Waals surface area (Å²) < 4.78 is 37.2. The maximum Gasteiger partial charge on any atom is 0.405 e. The zero-order chi connectivity index (χ0) is 14.5. The Hall–Kier alpha value is -1.30. The van der Waals surface area contributed by atoms with E-state index in [0.717, 1.165) is 12.2 Å². The van der Waals surface area contributed by atoms with E-state index in [-0.39, 0.29) is 6.04 Å². The van der Waals surface area contributed by atoms with Crippen LogP contribution < -0.4 is 10.2 Å². The summed E-state index contributed by atoms with van der Waals surface area (Å²) >= 11 is 0. The number of alkyl halides is 3. The number of anilines is 1. The normalized spacial score (nSPS) is 13.4. The molecule has 3 nitrogen and oxygen atoms in total. The van der Waals surface area contributed by atoms with Gasteiger partial charge < -0.3 is 10.2 Å². The molecule has 108 valence electrons. The molecule has 6 heteroatoms. The van der Waals surface area contributed by atoms with E-state index in [1.165, 1.54) is 11.1 Å². The topological polar surface area (TPSA) is 28.2 Å². The van der Waals surface area contributed by atoms with Crippen LogP contribution in [0.5, 0.6) is 0 Å². The van der Waals surface area contributed by atoms with Gasteiger partial charge in [-0.15, -0.1) is 0 Å². The molecule has 0 bridgehead atoms. The van der Waals surface area contributed by atoms with Gasteiger partial charge in [0.2, 0.25) is 0 Å². The van der Waals surface area contributed by atoms with Crippen LogP contribution in [0.25, 0.3) is 0 Å². The van der Waals surface area contributed by atoms with Crippen molar-refractivity contribution in [1.82, 2.24) is 10.3 Å². The van der Waals surface area contributed by atoms with Gasteiger partial charge in [-0.2, -0.15) is 13.2 Å². The minimum Gasteiger partial charge on any atom is -0.362 e. The highest BCUT2D eigenvalue weighted by Crippen LogP contribution is 2.22. The highest BCUT2D eigenvalue weighted by atomic mass is 19.4. The van der Waals surface area contributed by atoms with Gasteiger partial charge in [0.15, 0.2) is 0 Å². The molecule has 1 atom stereocenters. The molecule has 0 radical (unpaired) electrons. The monoisotopic (exact) mass is 275 g/mol. The van der Waals surface area contributed by atoms with Gasteiger partial charge in [0.05, 0.1) is 17.6 Å². The average Bonchev–Trinajstić information content (AvgIpc) is 2.35. The van der Waals surface area contributed by atoms with Crippen LogP contribution in [0.15, 0.2) is 18.3 Å². The Morgan fingerprint density at radius 1 is 1.32 bits per heavy atom. The van der Waals surface area contributed by atoms with Crippen molar-refractivity contribution in [2.24, 2.45) is 0 Å². The molecule has 0 amide bonds. The lowest BCUT2D eigenvalue weighted by Crippen LogP contribution is -2.34. The standard InChI is InChI=1S/C13H20F3N3/c1-4-17-10(3)12-7-6-11(8-18-12)19(5-2)9-13(14,15)16/h6-8,10,17H,4-5,9H2,1-3H3. The number of pyridine rings is 1. The van der Waals surface area contributed by atoms with Gasteiger partial charge in [-0.25, -0.2) is 0 Å². The highest BCUT2D eigenvalue weighted by Gasteiger charge is 2.30. The highest BCUT2D eigenvalue weighted by molar-refractivity contribution is 5.44. The fourth-order valence-electron chi connectivity index (χ4n) is 1.85. The first-order valence-corrected chi connectivity index (χ1v) is 6.38. The smallest absolute Gasteiger partial charge is 0.362 e. The maximum absolute atomic E-state index is 12.4. The minimum absolute atomic E-state index is 0.0942. The first kappa shape index (κ1) is 15.8. The number of hydrogen-bond donors (Lipinski definition) is 1. The molecule has 0 aromatic carbocycles. The average molecular weight is 275 g/mol. The van der Waals surface area contributed by atoms with Crippen molar-refractivity contribution in [3.05, 3.63) is 24.0 Å². The van der Waals surface area contributed by atoms with Crippen LogP contribution in [-0.4, -0.2) is 30.8 Å². The summed E-state index contributed by atoms with van der Waals surface area (Å²) in [5.41, 5.74) is 1.32. The molecule has 0 saturated heterocycles. The fourth-order valence-corrected chi connectivity index (χ4v) is 1.85. The van der Waals surface area contributed by atoms with Crippen molar-refractivity contribution in [3.63, 3.8) is 0 Å². The Labute approximate surface area is 111 Å². The van der Waals surface area contributed by atoms with Crippen LogP contribution in [0.4, 0.5) is 18.9 Å². The first-order valence-electron chi connectivity index (χ1n) is 6.38. The van der Waals surface area contributed by atoms with Crippen LogP contribution in [0.2, 0.25) is 0 Å². The number of rotatable bonds is 6. The Morgan fingerprint density at radius 3 is 2.42 bits per heavy atom. The fraction of sp³-hybridized carbons (Fsp3) is 0.615. The zero-order valence-electron chi connectivity index (χ0n) is 11.5. The van der Waals surface area contributed by atoms with Crippen LogP contribution in [0, 0.1) is 0 Å². The summed E-state index contributed by atoms with van der Waals surface area (Å²) in [5, 5.41) is 3.21. The third kappa shape index (κ3) is 5.06. The van der Waals surface area contributed by atoms with Gasteiger partial charge in [-0.1, -0.05) is 6.92 Å². The third-order valence-corrected chi connectivity index (χ3v) is 2.84. The van der Waals surface area contributed by atoms with Gasteiger partial charge in [0.1, 0.15) is 6.54 Å². The summed E-state index contributed by atoms with van der Waals surface area (Å²) in [4.78, 5) is 5.48. The van der Waals surface area contributed by atoms with Gasteiger partial charge in [-0.05, 0) is 32.5 Å². The van der Waals surface area contributed by atoms with E-state index in [1.807, 2.05) is 13.8 Å². The van der Waals surface area contributed by atoms with Crippen LogP contribution in [0.3, 0.4) is 0 Å². The second-order valence-electron chi connectivity index (χ2n) is 4.35. The SMILES string of the molecule is CCNC(C)c1ccc(N(CC)CC(F)(F)F)cn1. The second kappa shape index (κ2) is 6.75. The molecule has 1 rings (SSSR count). The number of hydrogen-bond acceptors (Lipinski definition) is 3. The Balaban J connectivity index is 2.78. The van der Waals surface area contributed by atoms with E-state index >= 15 is 0 Å². The number of halogens is 3. The van der Waals surface area contributed by atoms with Crippen molar-refractivity contribution in [3.8, 4) is 0 Å². The van der Waals surface area contributed by atoms with Crippen LogP contribution >= 0.6 is 0 Å². The molecule has 0 aliphatic rings. The molecule has 1 unspecified atom stereocenters. The predicted molar refractivity (Wildman–Crippen MR) is 70.3 cm³/mol. The van der Waals surface area contributed by atoms with Crippen molar-refractivity contribution in [2.75, 3.05) is 24.5 Å². The molecule has 0 saturated carbocycles. The predicted octanol–water partition coefficient (Wildman–Crippen LogP) is 3.14. The molecular formula is C13H20F3N3. The summed E-state index contributed by atoms with van der Waals surface area (Å²) in [6.07, 6.45) is -2.70. The van der Waals surface area contributed by atoms with Gasteiger partial charge in [0.25, 0.3) is 0 Å². The summed E-state index contributed by atoms with van der Waals surface area (Å²) in [6, 6.07) is 3.55. The quantitative estimate of drug-likeness (QED) is 0.864. The third-order valence-electron chi connectivity index (χ3n) is 2.84. The Morgan fingerprint density at radius 2 is 2.00 bits per heavy atom. The molecule has 1 heterocycles. The lowest BCUT2D eigenvalue weighted by atomic mass is 10.2. The summed E-state index contributed by atoms with van der Waals surface area (Å²) in [6.45, 7) is 5.82. The minimum atomic E-state index is -4.20. The number of aromatic nitrogens is 1. The molecule has 1 aromatic heterocycles. The van der Waals surface area contributed by atoms with E-state index < -0.39 is 12.7 Å². The summed E-state index contributed by atoms with van der Waals surface area (Å²) in [7, 11) is 0. The van der Waals surface area contributed by atoms with Gasteiger partial charge in [0, 0.05) is 12.6 Å². The van der Waals surface area contributed by atoms with Crippen molar-refractivity contribution in [1.29, 1.82) is 0 Å².